The van der Waals surface area contributed by atoms with E-state index >= 15 is 0 Å². The molecule has 7 heteroatoms. The summed E-state index contributed by atoms with van der Waals surface area (Å²) in [6, 6.07) is 11.4. The highest BCUT2D eigenvalue weighted by Gasteiger charge is 2.16. The predicted molar refractivity (Wildman–Crippen MR) is 93.0 cm³/mol. The van der Waals surface area contributed by atoms with Gasteiger partial charge in [-0.2, -0.15) is 0 Å². The number of nitrogens with one attached hydrogen (secondary N) is 1. The van der Waals surface area contributed by atoms with E-state index in [9.17, 15) is 4.79 Å². The summed E-state index contributed by atoms with van der Waals surface area (Å²) in [6.45, 7) is 0. The number of benzene rings is 1. The standard InChI is InChI=1S/C16H14N2O3S2/c1-21-11-6-4-10(5-7-11)17-16-18-15(12-3-2-8-22-12)13(23-16)9-14(19)20/h2-8H,9H2,1H3,(H,17,18)(H,19,20). The molecule has 2 heterocycles. The smallest absolute Gasteiger partial charge is 0.308 e. The van der Waals surface area contributed by atoms with Gasteiger partial charge in [-0.3, -0.25) is 4.79 Å². The zero-order valence-corrected chi connectivity index (χ0v) is 13.9. The first-order valence-electron chi connectivity index (χ1n) is 6.82. The fourth-order valence-corrected chi connectivity index (χ4v) is 3.86. The first-order valence-corrected chi connectivity index (χ1v) is 8.52. The van der Waals surface area contributed by atoms with Gasteiger partial charge in [-0.15, -0.1) is 22.7 Å². The molecule has 0 aliphatic rings. The van der Waals surface area contributed by atoms with Crippen LogP contribution >= 0.6 is 22.7 Å². The number of hydrogen-bond acceptors (Lipinski definition) is 6. The summed E-state index contributed by atoms with van der Waals surface area (Å²) in [5, 5.41) is 14.9. The number of anilines is 2. The normalized spacial score (nSPS) is 10.5. The van der Waals surface area contributed by atoms with Crippen molar-refractivity contribution in [2.75, 3.05) is 12.4 Å². The van der Waals surface area contributed by atoms with Gasteiger partial charge in [0.1, 0.15) is 5.75 Å². The maximum absolute atomic E-state index is 11.1. The Bertz CT molecular complexity index is 795. The minimum atomic E-state index is -0.859. The number of ether oxygens (including phenoxy) is 1. The van der Waals surface area contributed by atoms with Crippen LogP contribution in [0.25, 0.3) is 10.6 Å². The number of aliphatic carboxylic acids is 1. The van der Waals surface area contributed by atoms with Crippen molar-refractivity contribution in [3.63, 3.8) is 0 Å². The molecular formula is C16H14N2O3S2. The third-order valence-electron chi connectivity index (χ3n) is 3.10. The third kappa shape index (κ3) is 3.69. The lowest BCUT2D eigenvalue weighted by Crippen LogP contribution is -1.98. The molecule has 0 aliphatic heterocycles. The van der Waals surface area contributed by atoms with Gasteiger partial charge in [-0.1, -0.05) is 6.07 Å². The van der Waals surface area contributed by atoms with E-state index in [0.29, 0.717) is 5.13 Å². The van der Waals surface area contributed by atoms with Crippen molar-refractivity contribution < 1.29 is 14.6 Å². The van der Waals surface area contributed by atoms with Gasteiger partial charge >= 0.3 is 5.97 Å². The largest absolute Gasteiger partial charge is 0.497 e. The Labute approximate surface area is 141 Å². The third-order valence-corrected chi connectivity index (χ3v) is 4.95. The van der Waals surface area contributed by atoms with Gasteiger partial charge < -0.3 is 15.2 Å². The molecule has 118 valence electrons. The SMILES string of the molecule is COc1ccc(Nc2nc(-c3cccs3)c(CC(=O)O)s2)cc1. The average Bonchev–Trinajstić information content (AvgIpc) is 3.17. The molecular weight excluding hydrogens is 332 g/mol. The van der Waals surface area contributed by atoms with Gasteiger partial charge in [0.2, 0.25) is 0 Å². The molecule has 0 fully saturated rings. The van der Waals surface area contributed by atoms with Crippen molar-refractivity contribution >= 4 is 39.5 Å². The number of carboxylic acids is 1. The first-order chi connectivity index (χ1) is 11.2. The van der Waals surface area contributed by atoms with Crippen molar-refractivity contribution in [2.24, 2.45) is 0 Å². The first kappa shape index (κ1) is 15.5. The molecule has 0 aliphatic carbocycles. The monoisotopic (exact) mass is 346 g/mol. The number of carboxylic acid groups (broad SMARTS) is 1. The van der Waals surface area contributed by atoms with Crippen molar-refractivity contribution in [1.29, 1.82) is 0 Å². The van der Waals surface area contributed by atoms with E-state index in [0.717, 1.165) is 26.9 Å². The molecule has 0 saturated carbocycles. The lowest BCUT2D eigenvalue weighted by Gasteiger charge is -2.03. The molecule has 3 aromatic rings. The summed E-state index contributed by atoms with van der Waals surface area (Å²) in [4.78, 5) is 17.4. The Morgan fingerprint density at radius 2 is 2.09 bits per heavy atom. The predicted octanol–water partition coefficient (Wildman–Crippen LogP) is 4.25. The fourth-order valence-electron chi connectivity index (χ4n) is 2.07. The van der Waals surface area contributed by atoms with Crippen molar-refractivity contribution in [3.05, 3.63) is 46.7 Å². The molecule has 23 heavy (non-hydrogen) atoms. The number of rotatable bonds is 6. The van der Waals surface area contributed by atoms with Gasteiger partial charge in [0, 0.05) is 10.6 Å². The molecule has 0 spiro atoms. The minimum Gasteiger partial charge on any atom is -0.497 e. The van der Waals surface area contributed by atoms with Crippen LogP contribution in [0, 0.1) is 0 Å². The van der Waals surface area contributed by atoms with E-state index in [-0.39, 0.29) is 6.42 Å². The number of aromatic nitrogens is 1. The lowest BCUT2D eigenvalue weighted by atomic mass is 10.2. The van der Waals surface area contributed by atoms with Gasteiger partial charge in [0.05, 0.1) is 24.1 Å². The van der Waals surface area contributed by atoms with Crippen molar-refractivity contribution in [2.45, 2.75) is 6.42 Å². The Morgan fingerprint density at radius 1 is 1.30 bits per heavy atom. The zero-order valence-electron chi connectivity index (χ0n) is 12.3. The van der Waals surface area contributed by atoms with Gasteiger partial charge in [0.15, 0.2) is 5.13 Å². The molecule has 2 aromatic heterocycles. The fraction of sp³-hybridized carbons (Fsp3) is 0.125. The molecule has 0 radical (unpaired) electrons. The summed E-state index contributed by atoms with van der Waals surface area (Å²) in [5.41, 5.74) is 1.61. The number of hydrogen-bond donors (Lipinski definition) is 2. The number of methoxy groups -OCH3 is 1. The zero-order chi connectivity index (χ0) is 16.2. The topological polar surface area (TPSA) is 71.5 Å². The van der Waals surface area contributed by atoms with Crippen LogP contribution in [-0.4, -0.2) is 23.2 Å². The summed E-state index contributed by atoms with van der Waals surface area (Å²) in [6.07, 6.45) is -0.0325. The average molecular weight is 346 g/mol. The molecule has 0 unspecified atom stereocenters. The van der Waals surface area contributed by atoms with E-state index in [4.69, 9.17) is 9.84 Å². The van der Waals surface area contributed by atoms with Crippen LogP contribution < -0.4 is 10.1 Å². The quantitative estimate of drug-likeness (QED) is 0.698. The van der Waals surface area contributed by atoms with Crippen LogP contribution in [-0.2, 0) is 11.2 Å². The highest BCUT2D eigenvalue weighted by molar-refractivity contribution is 7.17. The Morgan fingerprint density at radius 3 is 2.70 bits per heavy atom. The highest BCUT2D eigenvalue weighted by atomic mass is 32.1. The summed E-state index contributed by atoms with van der Waals surface area (Å²) < 4.78 is 5.13. The molecule has 1 aromatic carbocycles. The molecule has 3 rings (SSSR count). The summed E-state index contributed by atoms with van der Waals surface area (Å²) >= 11 is 2.91. The highest BCUT2D eigenvalue weighted by Crippen LogP contribution is 2.35. The number of carbonyl (C=O) groups is 1. The van der Waals surface area contributed by atoms with Crippen LogP contribution in [0.2, 0.25) is 0 Å². The lowest BCUT2D eigenvalue weighted by molar-refractivity contribution is -0.136. The van der Waals surface area contributed by atoms with E-state index in [2.05, 4.69) is 10.3 Å². The number of nitrogens with zero attached hydrogens (tertiary/aromatic N) is 1. The molecule has 0 atom stereocenters. The van der Waals surface area contributed by atoms with E-state index in [1.165, 1.54) is 11.3 Å². The van der Waals surface area contributed by atoms with E-state index in [1.807, 2.05) is 41.8 Å². The van der Waals surface area contributed by atoms with Crippen LogP contribution in [0.5, 0.6) is 5.75 Å². The van der Waals surface area contributed by atoms with Crippen molar-refractivity contribution in [3.8, 4) is 16.3 Å². The Hall–Kier alpha value is -2.38. The maximum atomic E-state index is 11.1. The second-order valence-electron chi connectivity index (χ2n) is 4.69. The molecule has 0 bridgehead atoms. The molecule has 2 N–H and O–H groups in total. The van der Waals surface area contributed by atoms with Gasteiger partial charge in [-0.25, -0.2) is 4.98 Å². The summed E-state index contributed by atoms with van der Waals surface area (Å²) in [7, 11) is 1.62. The van der Waals surface area contributed by atoms with Crippen LogP contribution in [0.4, 0.5) is 10.8 Å². The second kappa shape index (κ2) is 6.80. The minimum absolute atomic E-state index is 0.0325. The molecule has 0 saturated heterocycles. The molecule has 0 amide bonds. The molecule has 5 nitrogen and oxygen atoms in total. The van der Waals surface area contributed by atoms with Gasteiger partial charge in [0.25, 0.3) is 0 Å². The maximum Gasteiger partial charge on any atom is 0.308 e. The van der Waals surface area contributed by atoms with E-state index in [1.54, 1.807) is 18.4 Å². The van der Waals surface area contributed by atoms with Crippen LogP contribution in [0.15, 0.2) is 41.8 Å². The van der Waals surface area contributed by atoms with Crippen LogP contribution in [0.3, 0.4) is 0 Å². The van der Waals surface area contributed by atoms with Crippen molar-refractivity contribution in [1.82, 2.24) is 4.98 Å². The van der Waals surface area contributed by atoms with Gasteiger partial charge in [-0.05, 0) is 35.7 Å². The Balaban J connectivity index is 1.88. The van der Waals surface area contributed by atoms with E-state index < -0.39 is 5.97 Å². The number of thiophene rings is 1. The second-order valence-corrected chi connectivity index (χ2v) is 6.72. The number of thiazole rings is 1. The Kier molecular flexibility index (Phi) is 4.59. The summed E-state index contributed by atoms with van der Waals surface area (Å²) in [5.74, 6) is -0.0806. The van der Waals surface area contributed by atoms with Crippen LogP contribution in [0.1, 0.15) is 4.88 Å².